The largest absolute Gasteiger partial charge is 0.508 e. The molecule has 1 aliphatic rings. The van der Waals surface area contributed by atoms with Crippen LogP contribution in [0.15, 0.2) is 45.6 Å². The third-order valence-corrected chi connectivity index (χ3v) is 5.33. The zero-order valence-electron chi connectivity index (χ0n) is 15.9. The topological polar surface area (TPSA) is 181 Å². The van der Waals surface area contributed by atoms with Crippen molar-refractivity contribution in [3.05, 3.63) is 52.2 Å². The van der Waals surface area contributed by atoms with Crippen molar-refractivity contribution in [3.63, 3.8) is 0 Å². The van der Waals surface area contributed by atoms with Crippen LogP contribution in [0.3, 0.4) is 0 Å². The van der Waals surface area contributed by atoms with Gasteiger partial charge in [0.2, 0.25) is 0 Å². The van der Waals surface area contributed by atoms with Gasteiger partial charge in [-0.15, -0.1) is 0 Å². The fourth-order valence-electron chi connectivity index (χ4n) is 3.70. The van der Waals surface area contributed by atoms with Gasteiger partial charge in [-0.1, -0.05) is 0 Å². The Labute approximate surface area is 174 Å². The average molecular weight is 432 g/mol. The summed E-state index contributed by atoms with van der Waals surface area (Å²) in [5, 5.41) is 70.0. The molecule has 0 unspecified atom stereocenters. The van der Waals surface area contributed by atoms with E-state index in [1.165, 1.54) is 24.3 Å². The molecule has 2 aromatic carbocycles. The van der Waals surface area contributed by atoms with Gasteiger partial charge in [-0.25, -0.2) is 0 Å². The maximum atomic E-state index is 12.7. The number of benzene rings is 2. The maximum Gasteiger partial charge on any atom is 0.197 e. The maximum absolute atomic E-state index is 12.7. The lowest BCUT2D eigenvalue weighted by Gasteiger charge is -2.40. The lowest BCUT2D eigenvalue weighted by Crippen LogP contribution is -2.55. The summed E-state index contributed by atoms with van der Waals surface area (Å²) >= 11 is 0. The van der Waals surface area contributed by atoms with Crippen LogP contribution in [0.2, 0.25) is 0 Å². The van der Waals surface area contributed by atoms with Gasteiger partial charge in [0.15, 0.2) is 11.0 Å². The lowest BCUT2D eigenvalue weighted by atomic mass is 9.89. The zero-order valence-corrected chi connectivity index (χ0v) is 15.9. The second-order valence-corrected chi connectivity index (χ2v) is 7.30. The Balaban J connectivity index is 1.96. The minimum Gasteiger partial charge on any atom is -0.508 e. The minimum absolute atomic E-state index is 0.0100. The summed E-state index contributed by atoms with van der Waals surface area (Å²) in [4.78, 5) is 12.7. The molecule has 0 saturated carbocycles. The number of phenols is 3. The molecule has 1 aromatic heterocycles. The number of aliphatic hydroxyl groups excluding tert-OH is 4. The van der Waals surface area contributed by atoms with E-state index in [0.717, 1.165) is 12.1 Å². The first-order chi connectivity index (χ1) is 14.7. The van der Waals surface area contributed by atoms with E-state index in [-0.39, 0.29) is 28.0 Å². The minimum atomic E-state index is -1.75. The average Bonchev–Trinajstić information content (AvgIpc) is 2.73. The number of phenolic OH excluding ortho intramolecular Hbond substituents is 3. The summed E-state index contributed by atoms with van der Waals surface area (Å²) in [7, 11) is 0. The predicted molar refractivity (Wildman–Crippen MR) is 106 cm³/mol. The molecule has 164 valence electrons. The molecule has 1 aliphatic heterocycles. The van der Waals surface area contributed by atoms with Crippen molar-refractivity contribution >= 4 is 11.0 Å². The second-order valence-electron chi connectivity index (χ2n) is 7.30. The SMILES string of the molecule is O=c1cc(-c2ccc(O)cc2)oc2c([C@H]3O[C@H](CO)[C@@H](O)[C@@H](O)[C@H]3O)c(O)cc(O)c12. The first-order valence-corrected chi connectivity index (χ1v) is 9.35. The number of ether oxygens (including phenoxy) is 1. The van der Waals surface area contributed by atoms with Gasteiger partial charge in [0.05, 0.1) is 12.2 Å². The molecule has 7 N–H and O–H groups in total. The van der Waals surface area contributed by atoms with Crippen molar-refractivity contribution in [1.29, 1.82) is 0 Å². The summed E-state index contributed by atoms with van der Waals surface area (Å²) < 4.78 is 11.3. The van der Waals surface area contributed by atoms with Crippen molar-refractivity contribution in [2.45, 2.75) is 30.5 Å². The van der Waals surface area contributed by atoms with Crippen molar-refractivity contribution in [3.8, 4) is 28.6 Å². The fraction of sp³-hybridized carbons (Fsp3) is 0.286. The van der Waals surface area contributed by atoms with E-state index in [0.29, 0.717) is 5.56 Å². The van der Waals surface area contributed by atoms with E-state index in [2.05, 4.69) is 0 Å². The monoisotopic (exact) mass is 432 g/mol. The molecule has 10 nitrogen and oxygen atoms in total. The molecule has 5 atom stereocenters. The highest BCUT2D eigenvalue weighted by molar-refractivity contribution is 5.89. The molecular weight excluding hydrogens is 412 g/mol. The van der Waals surface area contributed by atoms with E-state index in [4.69, 9.17) is 9.15 Å². The Morgan fingerprint density at radius 3 is 2.19 bits per heavy atom. The predicted octanol–water partition coefficient (Wildman–Crippen LogP) is 0.0917. The van der Waals surface area contributed by atoms with E-state index < -0.39 is 54.1 Å². The van der Waals surface area contributed by atoms with E-state index >= 15 is 0 Å². The Bertz CT molecular complexity index is 1170. The lowest BCUT2D eigenvalue weighted by molar-refractivity contribution is -0.231. The van der Waals surface area contributed by atoms with Crippen LogP contribution in [0.4, 0.5) is 0 Å². The molecular formula is C21H20O10. The number of hydrogen-bond acceptors (Lipinski definition) is 10. The van der Waals surface area contributed by atoms with Gasteiger partial charge < -0.3 is 44.9 Å². The molecule has 4 rings (SSSR count). The fourth-order valence-corrected chi connectivity index (χ4v) is 3.70. The molecule has 0 bridgehead atoms. The number of aliphatic hydroxyl groups is 4. The standard InChI is InChI=1S/C21H20O10/c22-7-14-17(27)18(28)19(29)21(31-14)16-11(25)5-10(24)15-12(26)6-13(30-20(15)16)8-1-3-9(23)4-2-8/h1-6,14,17-19,21-25,27-29H,7H2/t14-,17-,18-,19-,21-/m1/s1. The van der Waals surface area contributed by atoms with Crippen LogP contribution >= 0.6 is 0 Å². The molecule has 0 amide bonds. The summed E-state index contributed by atoms with van der Waals surface area (Å²) in [6.07, 6.45) is -7.87. The molecule has 3 aromatic rings. The van der Waals surface area contributed by atoms with E-state index in [1.54, 1.807) is 0 Å². The summed E-state index contributed by atoms with van der Waals surface area (Å²) in [6, 6.07) is 7.69. The van der Waals surface area contributed by atoms with Crippen LogP contribution < -0.4 is 5.43 Å². The van der Waals surface area contributed by atoms with Gasteiger partial charge in [0.1, 0.15) is 58.9 Å². The summed E-state index contributed by atoms with van der Waals surface area (Å²) in [6.45, 7) is -0.694. The summed E-state index contributed by atoms with van der Waals surface area (Å²) in [5.74, 6) is -1.15. The van der Waals surface area contributed by atoms with Crippen molar-refractivity contribution in [2.75, 3.05) is 6.61 Å². The molecule has 2 heterocycles. The van der Waals surface area contributed by atoms with Crippen LogP contribution in [0.5, 0.6) is 17.2 Å². The normalized spacial score (nSPS) is 26.3. The smallest absolute Gasteiger partial charge is 0.197 e. The van der Waals surface area contributed by atoms with Crippen molar-refractivity contribution < 1.29 is 44.9 Å². The van der Waals surface area contributed by atoms with Crippen molar-refractivity contribution in [1.82, 2.24) is 0 Å². The molecule has 0 spiro atoms. The highest BCUT2D eigenvalue weighted by atomic mass is 16.5. The third-order valence-electron chi connectivity index (χ3n) is 5.33. The van der Waals surface area contributed by atoms with Gasteiger partial charge in [-0.3, -0.25) is 4.79 Å². The van der Waals surface area contributed by atoms with Crippen LogP contribution in [-0.4, -0.2) is 66.8 Å². The quantitative estimate of drug-likeness (QED) is 0.300. The first-order valence-electron chi connectivity index (χ1n) is 9.35. The van der Waals surface area contributed by atoms with Crippen LogP contribution in [0.25, 0.3) is 22.3 Å². The Morgan fingerprint density at radius 1 is 0.871 bits per heavy atom. The molecule has 0 radical (unpaired) electrons. The highest BCUT2D eigenvalue weighted by Crippen LogP contribution is 2.43. The van der Waals surface area contributed by atoms with Crippen LogP contribution in [0, 0.1) is 0 Å². The first kappa shape index (κ1) is 21.1. The Morgan fingerprint density at radius 2 is 1.55 bits per heavy atom. The number of fused-ring (bicyclic) bond motifs is 1. The Kier molecular flexibility index (Phi) is 5.33. The van der Waals surface area contributed by atoms with Crippen molar-refractivity contribution in [2.24, 2.45) is 0 Å². The number of hydrogen-bond donors (Lipinski definition) is 7. The number of aromatic hydroxyl groups is 3. The van der Waals surface area contributed by atoms with Gasteiger partial charge >= 0.3 is 0 Å². The third kappa shape index (κ3) is 3.50. The number of rotatable bonds is 3. The Hall–Kier alpha value is -3.15. The van der Waals surface area contributed by atoms with Crippen LogP contribution in [-0.2, 0) is 4.74 Å². The van der Waals surface area contributed by atoms with Gasteiger partial charge in [0, 0.05) is 17.7 Å². The summed E-state index contributed by atoms with van der Waals surface area (Å²) in [5.41, 5.74) is -0.813. The zero-order chi connectivity index (χ0) is 22.4. The van der Waals surface area contributed by atoms with E-state index in [1.807, 2.05) is 0 Å². The van der Waals surface area contributed by atoms with E-state index in [9.17, 15) is 40.5 Å². The molecule has 1 saturated heterocycles. The van der Waals surface area contributed by atoms with Gasteiger partial charge in [0.25, 0.3) is 0 Å². The van der Waals surface area contributed by atoms with Crippen LogP contribution in [0.1, 0.15) is 11.7 Å². The highest BCUT2D eigenvalue weighted by Gasteiger charge is 2.46. The van der Waals surface area contributed by atoms with Gasteiger partial charge in [-0.2, -0.15) is 0 Å². The molecule has 1 fully saturated rings. The molecule has 31 heavy (non-hydrogen) atoms. The second kappa shape index (κ2) is 7.84. The molecule has 0 aliphatic carbocycles. The molecule has 10 heteroatoms. The van der Waals surface area contributed by atoms with Gasteiger partial charge in [-0.05, 0) is 24.3 Å².